The van der Waals surface area contributed by atoms with Gasteiger partial charge in [0.2, 0.25) is 10.0 Å². The zero-order valence-corrected chi connectivity index (χ0v) is 21.7. The van der Waals surface area contributed by atoms with Crippen LogP contribution in [0, 0.1) is 0 Å². The molecule has 11 heteroatoms. The highest BCUT2D eigenvalue weighted by atomic mass is 127. The SMILES string of the molecule is CCN(CC)CCCC(C)NC(=NC)NCCNS(=O)(=O)c1ccc(Cl)s1.I. The summed E-state index contributed by atoms with van der Waals surface area (Å²) in [5.74, 6) is 0.670. The van der Waals surface area contributed by atoms with E-state index in [-0.39, 0.29) is 40.8 Å². The van der Waals surface area contributed by atoms with Gasteiger partial charge in [-0.2, -0.15) is 0 Å². The number of rotatable bonds is 12. The van der Waals surface area contributed by atoms with Crippen molar-refractivity contribution in [2.75, 3.05) is 39.8 Å². The number of hydrogen-bond acceptors (Lipinski definition) is 5. The fraction of sp³-hybridized carbons (Fsp3) is 0.706. The number of sulfonamides is 1. The van der Waals surface area contributed by atoms with Crippen LogP contribution in [-0.4, -0.2) is 65.1 Å². The first kappa shape index (κ1) is 27.9. The first-order valence-corrected chi connectivity index (χ1v) is 11.9. The van der Waals surface area contributed by atoms with Gasteiger partial charge in [-0.3, -0.25) is 4.99 Å². The summed E-state index contributed by atoms with van der Waals surface area (Å²) in [5.41, 5.74) is 0. The van der Waals surface area contributed by atoms with E-state index in [1.807, 2.05) is 0 Å². The number of aliphatic imine (C=N–C) groups is 1. The molecule has 1 aromatic rings. The first-order valence-electron chi connectivity index (χ1n) is 9.26. The van der Waals surface area contributed by atoms with Crippen molar-refractivity contribution in [3.8, 4) is 0 Å². The second-order valence-corrected chi connectivity index (χ2v) is 9.88. The fourth-order valence-electron chi connectivity index (χ4n) is 2.54. The van der Waals surface area contributed by atoms with Crippen molar-refractivity contribution in [2.45, 2.75) is 43.9 Å². The van der Waals surface area contributed by atoms with Crippen LogP contribution in [0.4, 0.5) is 0 Å². The fourth-order valence-corrected chi connectivity index (χ4v) is 5.10. The minimum Gasteiger partial charge on any atom is -0.355 e. The van der Waals surface area contributed by atoms with Gasteiger partial charge in [-0.05, 0) is 51.5 Å². The molecule has 1 aromatic heterocycles. The second-order valence-electron chi connectivity index (χ2n) is 6.17. The third-order valence-corrected chi connectivity index (χ3v) is 7.32. The number of halogens is 2. The molecule has 0 aliphatic carbocycles. The number of guanidine groups is 1. The highest BCUT2D eigenvalue weighted by molar-refractivity contribution is 14.0. The summed E-state index contributed by atoms with van der Waals surface area (Å²) in [7, 11) is -1.81. The molecule has 0 radical (unpaired) electrons. The summed E-state index contributed by atoms with van der Waals surface area (Å²) in [4.78, 5) is 6.60. The molecular weight excluding hydrogens is 533 g/mol. The van der Waals surface area contributed by atoms with E-state index in [9.17, 15) is 8.42 Å². The Balaban J connectivity index is 0.00000729. The predicted octanol–water partition coefficient (Wildman–Crippen LogP) is 2.97. The summed E-state index contributed by atoms with van der Waals surface area (Å²) in [6.07, 6.45) is 2.17. The van der Waals surface area contributed by atoms with Crippen LogP contribution in [-0.2, 0) is 10.0 Å². The van der Waals surface area contributed by atoms with Crippen LogP contribution < -0.4 is 15.4 Å². The van der Waals surface area contributed by atoms with Gasteiger partial charge >= 0.3 is 0 Å². The molecule has 7 nitrogen and oxygen atoms in total. The van der Waals surface area contributed by atoms with Gasteiger partial charge in [0.25, 0.3) is 0 Å². The molecular formula is C17H33ClIN5O2S2. The Morgan fingerprint density at radius 1 is 1.29 bits per heavy atom. The summed E-state index contributed by atoms with van der Waals surface area (Å²) in [6.45, 7) is 10.4. The van der Waals surface area contributed by atoms with Crippen molar-refractivity contribution < 1.29 is 8.42 Å². The van der Waals surface area contributed by atoms with Gasteiger partial charge in [0, 0.05) is 26.2 Å². The maximum absolute atomic E-state index is 12.1. The first-order chi connectivity index (χ1) is 12.8. The van der Waals surface area contributed by atoms with E-state index in [0.717, 1.165) is 43.8 Å². The van der Waals surface area contributed by atoms with E-state index in [4.69, 9.17) is 11.6 Å². The van der Waals surface area contributed by atoms with Crippen molar-refractivity contribution >= 4 is 62.9 Å². The molecule has 1 unspecified atom stereocenters. The Kier molecular flexibility index (Phi) is 14.7. The maximum Gasteiger partial charge on any atom is 0.250 e. The standard InChI is InChI=1S/C17H32ClN5O2S2.HI/c1-5-23(6-2)13-7-8-14(3)22-17(19-4)20-11-12-21-27(24,25)16-10-9-15(18)26-16;/h9-10,14,21H,5-8,11-13H2,1-4H3,(H2,19,20,22);1H. The summed E-state index contributed by atoms with van der Waals surface area (Å²) >= 11 is 6.83. The Bertz CT molecular complexity index is 681. The van der Waals surface area contributed by atoms with E-state index < -0.39 is 10.0 Å². The van der Waals surface area contributed by atoms with E-state index in [1.54, 1.807) is 13.1 Å². The van der Waals surface area contributed by atoms with Gasteiger partial charge in [0.05, 0.1) is 4.34 Å². The van der Waals surface area contributed by atoms with Crippen LogP contribution in [0.25, 0.3) is 0 Å². The highest BCUT2D eigenvalue weighted by Gasteiger charge is 2.15. The summed E-state index contributed by atoms with van der Waals surface area (Å²) in [5, 5.41) is 6.47. The highest BCUT2D eigenvalue weighted by Crippen LogP contribution is 2.25. The molecule has 1 rings (SSSR count). The topological polar surface area (TPSA) is 85.8 Å². The smallest absolute Gasteiger partial charge is 0.250 e. The lowest BCUT2D eigenvalue weighted by atomic mass is 10.2. The Hall–Kier alpha value is -0.140. The van der Waals surface area contributed by atoms with Crippen molar-refractivity contribution in [2.24, 2.45) is 4.99 Å². The van der Waals surface area contributed by atoms with E-state index in [0.29, 0.717) is 16.8 Å². The summed E-state index contributed by atoms with van der Waals surface area (Å²) in [6, 6.07) is 3.37. The number of nitrogens with zero attached hydrogens (tertiary/aromatic N) is 2. The largest absolute Gasteiger partial charge is 0.355 e. The van der Waals surface area contributed by atoms with E-state index >= 15 is 0 Å². The molecule has 0 saturated carbocycles. The lowest BCUT2D eigenvalue weighted by molar-refractivity contribution is 0.292. The van der Waals surface area contributed by atoms with E-state index in [1.165, 1.54) is 6.07 Å². The molecule has 164 valence electrons. The lowest BCUT2D eigenvalue weighted by Crippen LogP contribution is -2.45. The average molecular weight is 566 g/mol. The third-order valence-electron chi connectivity index (χ3n) is 4.14. The zero-order chi connectivity index (χ0) is 20.3. The van der Waals surface area contributed by atoms with Crippen LogP contribution >= 0.6 is 46.9 Å². The minimum absolute atomic E-state index is 0. The zero-order valence-electron chi connectivity index (χ0n) is 17.0. The van der Waals surface area contributed by atoms with Crippen LogP contribution in [0.5, 0.6) is 0 Å². The van der Waals surface area contributed by atoms with Crippen molar-refractivity contribution in [1.29, 1.82) is 0 Å². The number of hydrogen-bond donors (Lipinski definition) is 3. The molecule has 0 amide bonds. The Labute approximate surface area is 195 Å². The van der Waals surface area contributed by atoms with Crippen molar-refractivity contribution in [3.63, 3.8) is 0 Å². The van der Waals surface area contributed by atoms with Gasteiger partial charge in [-0.15, -0.1) is 35.3 Å². The molecule has 0 aromatic carbocycles. The third kappa shape index (κ3) is 10.6. The van der Waals surface area contributed by atoms with Gasteiger partial charge in [0.15, 0.2) is 5.96 Å². The quantitative estimate of drug-likeness (QED) is 0.157. The van der Waals surface area contributed by atoms with Crippen LogP contribution in [0.15, 0.2) is 21.3 Å². The average Bonchev–Trinajstić information content (AvgIpc) is 3.08. The van der Waals surface area contributed by atoms with Gasteiger partial charge in [0.1, 0.15) is 4.21 Å². The van der Waals surface area contributed by atoms with Gasteiger partial charge < -0.3 is 15.5 Å². The maximum atomic E-state index is 12.1. The molecule has 0 saturated heterocycles. The monoisotopic (exact) mass is 565 g/mol. The second kappa shape index (κ2) is 14.8. The summed E-state index contributed by atoms with van der Waals surface area (Å²) < 4.78 is 27.5. The van der Waals surface area contributed by atoms with Crippen molar-refractivity contribution in [3.05, 3.63) is 16.5 Å². The molecule has 0 spiro atoms. The van der Waals surface area contributed by atoms with Crippen LogP contribution in [0.3, 0.4) is 0 Å². The molecule has 3 N–H and O–H groups in total. The molecule has 0 aliphatic rings. The molecule has 0 bridgehead atoms. The van der Waals surface area contributed by atoms with Gasteiger partial charge in [-0.1, -0.05) is 25.4 Å². The normalized spacial score (nSPS) is 13.3. The molecule has 1 heterocycles. The predicted molar refractivity (Wildman–Crippen MR) is 131 cm³/mol. The van der Waals surface area contributed by atoms with Gasteiger partial charge in [-0.25, -0.2) is 13.1 Å². The Morgan fingerprint density at radius 3 is 2.50 bits per heavy atom. The molecule has 0 fully saturated rings. The van der Waals surface area contributed by atoms with Crippen molar-refractivity contribution in [1.82, 2.24) is 20.3 Å². The number of nitrogens with one attached hydrogen (secondary N) is 3. The Morgan fingerprint density at radius 2 is 1.96 bits per heavy atom. The minimum atomic E-state index is -3.51. The molecule has 0 aliphatic heterocycles. The van der Waals surface area contributed by atoms with Crippen LogP contribution in [0.1, 0.15) is 33.6 Å². The lowest BCUT2D eigenvalue weighted by Gasteiger charge is -2.21. The van der Waals surface area contributed by atoms with Crippen LogP contribution in [0.2, 0.25) is 4.34 Å². The molecule has 1 atom stereocenters. The van der Waals surface area contributed by atoms with E-state index in [2.05, 4.69) is 46.0 Å². The molecule has 28 heavy (non-hydrogen) atoms. The number of thiophene rings is 1.